The van der Waals surface area contributed by atoms with Crippen LogP contribution in [0.3, 0.4) is 0 Å². The van der Waals surface area contributed by atoms with Gasteiger partial charge in [0, 0.05) is 49.3 Å². The number of anilines is 1. The summed E-state index contributed by atoms with van der Waals surface area (Å²) in [7, 11) is 0. The number of piperazine rings is 1. The molecule has 6 heteroatoms. The van der Waals surface area contributed by atoms with E-state index >= 15 is 0 Å². The zero-order valence-electron chi connectivity index (χ0n) is 18.1. The first kappa shape index (κ1) is 19.8. The average molecular weight is 431 g/mol. The third-order valence-corrected chi connectivity index (χ3v) is 7.45. The summed E-state index contributed by atoms with van der Waals surface area (Å²) < 4.78 is 2.05. The SMILES string of the molecule is Cc1cccc(N2CCN(C(=O)c3sc4nc(-c5ccccc5)cn4c3C)CC2)c1C. The maximum atomic E-state index is 13.3. The number of aryl methyl sites for hydroxylation is 2. The molecule has 0 radical (unpaired) electrons. The van der Waals surface area contributed by atoms with Gasteiger partial charge in [0.1, 0.15) is 4.88 Å². The van der Waals surface area contributed by atoms with Gasteiger partial charge in [-0.3, -0.25) is 9.20 Å². The molecule has 0 N–H and O–H groups in total. The summed E-state index contributed by atoms with van der Waals surface area (Å²) in [4.78, 5) is 24.1. The predicted octanol–water partition coefficient (Wildman–Crippen LogP) is 4.95. The molecular weight excluding hydrogens is 404 g/mol. The molecule has 0 aliphatic carbocycles. The smallest absolute Gasteiger partial charge is 0.265 e. The molecule has 5 nitrogen and oxygen atoms in total. The van der Waals surface area contributed by atoms with Crippen molar-refractivity contribution in [1.82, 2.24) is 14.3 Å². The highest BCUT2D eigenvalue weighted by Crippen LogP contribution is 2.29. The zero-order valence-corrected chi connectivity index (χ0v) is 18.9. The van der Waals surface area contributed by atoms with Gasteiger partial charge in [-0.2, -0.15) is 0 Å². The largest absolute Gasteiger partial charge is 0.368 e. The minimum Gasteiger partial charge on any atom is -0.368 e. The molecule has 3 heterocycles. The van der Waals surface area contributed by atoms with Crippen molar-refractivity contribution < 1.29 is 4.79 Å². The second-order valence-electron chi connectivity index (χ2n) is 8.16. The first-order valence-electron chi connectivity index (χ1n) is 10.7. The van der Waals surface area contributed by atoms with Crippen molar-refractivity contribution in [3.63, 3.8) is 0 Å². The lowest BCUT2D eigenvalue weighted by Gasteiger charge is -2.37. The van der Waals surface area contributed by atoms with Crippen LogP contribution in [0, 0.1) is 20.8 Å². The van der Waals surface area contributed by atoms with Crippen LogP contribution in [-0.4, -0.2) is 46.4 Å². The summed E-state index contributed by atoms with van der Waals surface area (Å²) in [6.45, 7) is 9.53. The average Bonchev–Trinajstić information content (AvgIpc) is 3.35. The number of aromatic nitrogens is 2. The van der Waals surface area contributed by atoms with E-state index in [4.69, 9.17) is 4.98 Å². The van der Waals surface area contributed by atoms with Crippen LogP contribution in [0.25, 0.3) is 16.2 Å². The van der Waals surface area contributed by atoms with E-state index in [2.05, 4.69) is 49.1 Å². The van der Waals surface area contributed by atoms with E-state index in [0.29, 0.717) is 0 Å². The zero-order chi connectivity index (χ0) is 21.5. The van der Waals surface area contributed by atoms with Crippen molar-refractivity contribution >= 4 is 27.9 Å². The Morgan fingerprint density at radius 3 is 2.39 bits per heavy atom. The molecular formula is C25H26N4OS. The number of thiazole rings is 1. The summed E-state index contributed by atoms with van der Waals surface area (Å²) in [6.07, 6.45) is 2.03. The maximum Gasteiger partial charge on any atom is 0.265 e. The van der Waals surface area contributed by atoms with Gasteiger partial charge in [0.05, 0.1) is 5.69 Å². The van der Waals surface area contributed by atoms with E-state index in [1.807, 2.05) is 40.6 Å². The predicted molar refractivity (Wildman–Crippen MR) is 127 cm³/mol. The fourth-order valence-corrected chi connectivity index (χ4v) is 5.35. The topological polar surface area (TPSA) is 40.8 Å². The highest BCUT2D eigenvalue weighted by molar-refractivity contribution is 7.19. The van der Waals surface area contributed by atoms with Crippen LogP contribution in [0.5, 0.6) is 0 Å². The standard InChI is InChI=1S/C25H26N4OS/c1-17-8-7-11-22(18(17)2)27-12-14-28(15-13-27)24(30)23-19(3)29-16-21(26-25(29)31-23)20-9-5-4-6-10-20/h4-11,16H,12-15H2,1-3H3. The molecule has 0 saturated carbocycles. The minimum atomic E-state index is 0.120. The number of carbonyl (C=O) groups excluding carboxylic acids is 1. The molecule has 1 aliphatic heterocycles. The number of fused-ring (bicyclic) bond motifs is 1. The van der Waals surface area contributed by atoms with Gasteiger partial charge in [0.25, 0.3) is 5.91 Å². The highest BCUT2D eigenvalue weighted by Gasteiger charge is 2.27. The maximum absolute atomic E-state index is 13.3. The van der Waals surface area contributed by atoms with Crippen molar-refractivity contribution in [1.29, 1.82) is 0 Å². The van der Waals surface area contributed by atoms with E-state index in [1.165, 1.54) is 28.2 Å². The molecule has 0 bridgehead atoms. The molecule has 4 aromatic rings. The molecule has 1 aliphatic rings. The van der Waals surface area contributed by atoms with Crippen molar-refractivity contribution in [3.8, 4) is 11.3 Å². The summed E-state index contributed by atoms with van der Waals surface area (Å²) >= 11 is 1.49. The van der Waals surface area contributed by atoms with Gasteiger partial charge in [0.15, 0.2) is 4.96 Å². The lowest BCUT2D eigenvalue weighted by atomic mass is 10.1. The van der Waals surface area contributed by atoms with Crippen LogP contribution in [0.1, 0.15) is 26.5 Å². The summed E-state index contributed by atoms with van der Waals surface area (Å²) in [5, 5.41) is 0. The van der Waals surface area contributed by atoms with E-state index in [1.54, 1.807) is 0 Å². The molecule has 2 aromatic heterocycles. The molecule has 1 amide bonds. The van der Waals surface area contributed by atoms with Crippen molar-refractivity contribution in [2.75, 3.05) is 31.1 Å². The van der Waals surface area contributed by atoms with E-state index < -0.39 is 0 Å². The van der Waals surface area contributed by atoms with Gasteiger partial charge < -0.3 is 9.80 Å². The highest BCUT2D eigenvalue weighted by atomic mass is 32.1. The molecule has 31 heavy (non-hydrogen) atoms. The van der Waals surface area contributed by atoms with Crippen LogP contribution >= 0.6 is 11.3 Å². The molecule has 0 unspecified atom stereocenters. The van der Waals surface area contributed by atoms with Crippen molar-refractivity contribution in [2.45, 2.75) is 20.8 Å². The molecule has 0 spiro atoms. The lowest BCUT2D eigenvalue weighted by molar-refractivity contribution is 0.0750. The molecule has 5 rings (SSSR count). The number of hydrogen-bond donors (Lipinski definition) is 0. The van der Waals surface area contributed by atoms with Gasteiger partial charge in [-0.15, -0.1) is 0 Å². The summed E-state index contributed by atoms with van der Waals surface area (Å²) in [5.74, 6) is 0.120. The quantitative estimate of drug-likeness (QED) is 0.462. The van der Waals surface area contributed by atoms with Crippen LogP contribution in [-0.2, 0) is 0 Å². The van der Waals surface area contributed by atoms with E-state index in [0.717, 1.165) is 53.0 Å². The Morgan fingerprint density at radius 1 is 0.935 bits per heavy atom. The second-order valence-corrected chi connectivity index (χ2v) is 9.14. The molecule has 1 saturated heterocycles. The van der Waals surface area contributed by atoms with Gasteiger partial charge in [-0.1, -0.05) is 53.8 Å². The molecule has 158 valence electrons. The Hall–Kier alpha value is -3.12. The van der Waals surface area contributed by atoms with E-state index in [-0.39, 0.29) is 5.91 Å². The van der Waals surface area contributed by atoms with Crippen LogP contribution in [0.4, 0.5) is 5.69 Å². The normalized spacial score (nSPS) is 14.4. The number of rotatable bonds is 3. The number of imidazole rings is 1. The number of carbonyl (C=O) groups is 1. The van der Waals surface area contributed by atoms with Gasteiger partial charge in [-0.25, -0.2) is 4.98 Å². The lowest BCUT2D eigenvalue weighted by Crippen LogP contribution is -2.49. The third-order valence-electron chi connectivity index (χ3n) is 6.30. The van der Waals surface area contributed by atoms with Crippen LogP contribution in [0.15, 0.2) is 54.7 Å². The number of amides is 1. The number of benzene rings is 2. The van der Waals surface area contributed by atoms with Gasteiger partial charge >= 0.3 is 0 Å². The fraction of sp³-hybridized carbons (Fsp3) is 0.280. The summed E-state index contributed by atoms with van der Waals surface area (Å²) in [5.41, 5.74) is 6.92. The number of hydrogen-bond acceptors (Lipinski definition) is 4. The van der Waals surface area contributed by atoms with Crippen molar-refractivity contribution in [3.05, 3.63) is 76.4 Å². The number of nitrogens with zero attached hydrogens (tertiary/aromatic N) is 4. The molecule has 1 fully saturated rings. The Bertz CT molecular complexity index is 1250. The molecule has 0 atom stereocenters. The van der Waals surface area contributed by atoms with Crippen molar-refractivity contribution in [2.24, 2.45) is 0 Å². The van der Waals surface area contributed by atoms with Gasteiger partial charge in [0.2, 0.25) is 0 Å². The Balaban J connectivity index is 1.33. The van der Waals surface area contributed by atoms with E-state index in [9.17, 15) is 4.79 Å². The summed E-state index contributed by atoms with van der Waals surface area (Å²) in [6, 6.07) is 16.6. The Kier molecular flexibility index (Phi) is 5.02. The minimum absolute atomic E-state index is 0.120. The second kappa shape index (κ2) is 7.85. The third kappa shape index (κ3) is 3.51. The monoisotopic (exact) mass is 430 g/mol. The first-order valence-corrected chi connectivity index (χ1v) is 11.5. The Labute approximate surface area is 186 Å². The fourth-order valence-electron chi connectivity index (χ4n) is 4.27. The van der Waals surface area contributed by atoms with Crippen LogP contribution in [0.2, 0.25) is 0 Å². The first-order chi connectivity index (χ1) is 15.0. The van der Waals surface area contributed by atoms with Gasteiger partial charge in [-0.05, 0) is 38.0 Å². The van der Waals surface area contributed by atoms with Crippen LogP contribution < -0.4 is 4.90 Å². The molecule has 2 aromatic carbocycles. The Morgan fingerprint density at radius 2 is 1.68 bits per heavy atom.